The fourth-order valence-electron chi connectivity index (χ4n) is 3.10. The summed E-state index contributed by atoms with van der Waals surface area (Å²) in [7, 11) is 0. The van der Waals surface area contributed by atoms with Gasteiger partial charge in [0.25, 0.3) is 0 Å². The van der Waals surface area contributed by atoms with Gasteiger partial charge in [-0.1, -0.05) is 11.6 Å². The van der Waals surface area contributed by atoms with Crippen LogP contribution >= 0.6 is 22.9 Å². The van der Waals surface area contributed by atoms with Crippen molar-refractivity contribution in [1.29, 1.82) is 0 Å². The van der Waals surface area contributed by atoms with Crippen LogP contribution in [0.5, 0.6) is 0 Å². The summed E-state index contributed by atoms with van der Waals surface area (Å²) >= 11 is 8.23. The molecule has 2 aromatic rings. The van der Waals surface area contributed by atoms with Crippen LogP contribution in [0, 0.1) is 6.92 Å². The molecule has 1 atom stereocenters. The number of thiophene rings is 1. The maximum atomic E-state index is 6.36. The van der Waals surface area contributed by atoms with Gasteiger partial charge in [0.2, 0.25) is 0 Å². The lowest BCUT2D eigenvalue weighted by Gasteiger charge is -2.35. The molecule has 110 valence electrons. The third-order valence-corrected chi connectivity index (χ3v) is 5.93. The minimum atomic E-state index is 0.358. The van der Waals surface area contributed by atoms with E-state index in [0.29, 0.717) is 17.1 Å². The van der Waals surface area contributed by atoms with Crippen molar-refractivity contribution in [3.05, 3.63) is 38.4 Å². The second-order valence-corrected chi connectivity index (χ2v) is 7.37. The van der Waals surface area contributed by atoms with E-state index in [0.717, 1.165) is 30.2 Å². The highest BCUT2D eigenvalue weighted by atomic mass is 35.5. The number of rotatable bonds is 2. The Hall–Kier alpha value is -1.13. The quantitative estimate of drug-likeness (QED) is 0.763. The first-order valence-corrected chi connectivity index (χ1v) is 8.78. The molecule has 1 unspecified atom stereocenters. The van der Waals surface area contributed by atoms with Gasteiger partial charge in [0, 0.05) is 22.9 Å². The van der Waals surface area contributed by atoms with E-state index in [4.69, 9.17) is 16.6 Å². The summed E-state index contributed by atoms with van der Waals surface area (Å²) in [6.45, 7) is 5.30. The van der Waals surface area contributed by atoms with Gasteiger partial charge in [0.05, 0.1) is 6.04 Å². The predicted octanol–water partition coefficient (Wildman–Crippen LogP) is 4.50. The fraction of sp³-hybridized carbons (Fsp3) is 0.500. The summed E-state index contributed by atoms with van der Waals surface area (Å²) in [6.07, 6.45) is 3.49. The molecular formula is C16H18ClN3S. The average molecular weight is 320 g/mol. The van der Waals surface area contributed by atoms with Gasteiger partial charge in [0.15, 0.2) is 0 Å². The minimum Gasteiger partial charge on any atom is -0.349 e. The van der Waals surface area contributed by atoms with Gasteiger partial charge in [0.1, 0.15) is 16.8 Å². The zero-order chi connectivity index (χ0) is 14.6. The molecule has 1 aliphatic heterocycles. The van der Waals surface area contributed by atoms with E-state index in [1.54, 1.807) is 0 Å². The van der Waals surface area contributed by atoms with Crippen molar-refractivity contribution in [3.63, 3.8) is 0 Å². The molecule has 3 nitrogen and oxygen atoms in total. The Bertz CT molecular complexity index is 693. The van der Waals surface area contributed by atoms with Gasteiger partial charge in [-0.3, -0.25) is 0 Å². The summed E-state index contributed by atoms with van der Waals surface area (Å²) in [6, 6.07) is 2.60. The molecule has 2 aliphatic rings. The molecule has 0 amide bonds. The van der Waals surface area contributed by atoms with Crippen LogP contribution in [0.25, 0.3) is 0 Å². The summed E-state index contributed by atoms with van der Waals surface area (Å²) in [4.78, 5) is 13.2. The van der Waals surface area contributed by atoms with E-state index < -0.39 is 0 Å². The van der Waals surface area contributed by atoms with E-state index in [-0.39, 0.29) is 0 Å². The van der Waals surface area contributed by atoms with Gasteiger partial charge < -0.3 is 4.90 Å². The Morgan fingerprint density at radius 2 is 2.14 bits per heavy atom. The van der Waals surface area contributed by atoms with E-state index in [2.05, 4.69) is 28.3 Å². The van der Waals surface area contributed by atoms with Crippen molar-refractivity contribution in [2.24, 2.45) is 0 Å². The monoisotopic (exact) mass is 319 g/mol. The molecule has 3 heterocycles. The number of hydrogen-bond donors (Lipinski definition) is 0. The first kappa shape index (κ1) is 13.5. The standard InChI is InChI=1S/C16H18ClN3S/c1-9-14(17)18-15(11-3-4-11)19-16(9)20-7-5-13-12(10(20)2)6-8-21-13/h6,8,10-11H,3-5,7H2,1-2H3. The van der Waals surface area contributed by atoms with Crippen molar-refractivity contribution in [2.45, 2.75) is 45.1 Å². The molecule has 0 spiro atoms. The van der Waals surface area contributed by atoms with Gasteiger partial charge >= 0.3 is 0 Å². The molecule has 4 rings (SSSR count). The Morgan fingerprint density at radius 3 is 2.90 bits per heavy atom. The first-order chi connectivity index (χ1) is 10.1. The zero-order valence-electron chi connectivity index (χ0n) is 12.3. The molecule has 0 saturated heterocycles. The Labute approximate surface area is 134 Å². The topological polar surface area (TPSA) is 29.0 Å². The van der Waals surface area contributed by atoms with E-state index in [1.165, 1.54) is 23.3 Å². The molecule has 0 radical (unpaired) electrons. The maximum Gasteiger partial charge on any atom is 0.137 e. The number of fused-ring (bicyclic) bond motifs is 1. The van der Waals surface area contributed by atoms with Crippen molar-refractivity contribution < 1.29 is 0 Å². The largest absolute Gasteiger partial charge is 0.349 e. The molecule has 2 aromatic heterocycles. The summed E-state index contributed by atoms with van der Waals surface area (Å²) in [5, 5.41) is 2.81. The number of anilines is 1. The van der Waals surface area contributed by atoms with Crippen LogP contribution in [0.3, 0.4) is 0 Å². The Morgan fingerprint density at radius 1 is 1.33 bits per heavy atom. The number of nitrogens with zero attached hydrogens (tertiary/aromatic N) is 3. The fourth-order valence-corrected chi connectivity index (χ4v) is 4.23. The molecule has 21 heavy (non-hydrogen) atoms. The molecular weight excluding hydrogens is 302 g/mol. The predicted molar refractivity (Wildman–Crippen MR) is 87.5 cm³/mol. The van der Waals surface area contributed by atoms with Gasteiger partial charge in [-0.25, -0.2) is 9.97 Å². The smallest absolute Gasteiger partial charge is 0.137 e. The lowest BCUT2D eigenvalue weighted by atomic mass is 10.0. The van der Waals surface area contributed by atoms with E-state index in [9.17, 15) is 0 Å². The van der Waals surface area contributed by atoms with Crippen LogP contribution in [0.1, 0.15) is 53.6 Å². The van der Waals surface area contributed by atoms with Crippen LogP contribution in [-0.4, -0.2) is 16.5 Å². The minimum absolute atomic E-state index is 0.358. The third-order valence-electron chi connectivity index (χ3n) is 4.57. The lowest BCUT2D eigenvalue weighted by molar-refractivity contribution is 0.619. The highest BCUT2D eigenvalue weighted by molar-refractivity contribution is 7.10. The second kappa shape index (κ2) is 4.96. The normalized spacial score (nSPS) is 21.5. The zero-order valence-corrected chi connectivity index (χ0v) is 13.8. The van der Waals surface area contributed by atoms with E-state index in [1.807, 2.05) is 18.3 Å². The molecule has 1 fully saturated rings. The molecule has 0 aromatic carbocycles. The van der Waals surface area contributed by atoms with E-state index >= 15 is 0 Å². The third kappa shape index (κ3) is 2.25. The maximum absolute atomic E-state index is 6.36. The second-order valence-electron chi connectivity index (χ2n) is 6.01. The summed E-state index contributed by atoms with van der Waals surface area (Å²) in [5.41, 5.74) is 2.44. The van der Waals surface area contributed by atoms with Crippen molar-refractivity contribution in [3.8, 4) is 0 Å². The molecule has 0 N–H and O–H groups in total. The number of halogens is 1. The van der Waals surface area contributed by atoms with Gasteiger partial charge in [-0.15, -0.1) is 11.3 Å². The van der Waals surface area contributed by atoms with Crippen LogP contribution < -0.4 is 4.90 Å². The van der Waals surface area contributed by atoms with Crippen LogP contribution in [0.4, 0.5) is 5.82 Å². The van der Waals surface area contributed by atoms with Crippen LogP contribution in [0.15, 0.2) is 11.4 Å². The molecule has 1 saturated carbocycles. The summed E-state index contributed by atoms with van der Waals surface area (Å²) in [5.74, 6) is 2.49. The van der Waals surface area contributed by atoms with Crippen molar-refractivity contribution in [2.75, 3.05) is 11.4 Å². The van der Waals surface area contributed by atoms with Crippen LogP contribution in [-0.2, 0) is 6.42 Å². The average Bonchev–Trinajstić information content (AvgIpc) is 3.20. The summed E-state index contributed by atoms with van der Waals surface area (Å²) < 4.78 is 0. The highest BCUT2D eigenvalue weighted by Crippen LogP contribution is 2.42. The molecule has 0 bridgehead atoms. The van der Waals surface area contributed by atoms with Crippen molar-refractivity contribution >= 4 is 28.8 Å². The lowest BCUT2D eigenvalue weighted by Crippen LogP contribution is -2.34. The van der Waals surface area contributed by atoms with Crippen LogP contribution in [0.2, 0.25) is 5.15 Å². The highest BCUT2D eigenvalue weighted by Gasteiger charge is 2.31. The first-order valence-electron chi connectivity index (χ1n) is 7.52. The molecule has 5 heteroatoms. The SMILES string of the molecule is Cc1c(Cl)nc(C2CC2)nc1N1CCc2sccc2C1C. The number of aromatic nitrogens is 2. The Kier molecular flexibility index (Phi) is 3.19. The van der Waals surface area contributed by atoms with Crippen molar-refractivity contribution in [1.82, 2.24) is 9.97 Å². The van der Waals surface area contributed by atoms with Gasteiger partial charge in [-0.2, -0.15) is 0 Å². The van der Waals surface area contributed by atoms with Gasteiger partial charge in [-0.05, 0) is 50.1 Å². The Balaban J connectivity index is 1.76. The number of hydrogen-bond acceptors (Lipinski definition) is 4. The molecule has 1 aliphatic carbocycles.